The first kappa shape index (κ1) is 15.3. The second-order valence-corrected chi connectivity index (χ2v) is 6.71. The van der Waals surface area contributed by atoms with Crippen LogP contribution in [0.2, 0.25) is 0 Å². The molecule has 126 valence electrons. The first-order valence-corrected chi connectivity index (χ1v) is 8.66. The summed E-state index contributed by atoms with van der Waals surface area (Å²) >= 11 is 0. The van der Waals surface area contributed by atoms with E-state index in [1.54, 1.807) is 12.1 Å². The van der Waals surface area contributed by atoms with Crippen molar-refractivity contribution in [3.8, 4) is 0 Å². The molecule has 1 amide bonds. The van der Waals surface area contributed by atoms with Gasteiger partial charge in [-0.2, -0.15) is 0 Å². The molecule has 1 fully saturated rings. The molecule has 1 aliphatic carbocycles. The topological polar surface area (TPSA) is 59.8 Å². The monoisotopic (exact) mass is 328 g/mol. The molecule has 2 heterocycles. The van der Waals surface area contributed by atoms with Gasteiger partial charge in [-0.15, -0.1) is 10.2 Å². The Bertz CT molecular complexity index is 740. The molecular weight excluding hydrogens is 307 g/mol. The summed E-state index contributed by atoms with van der Waals surface area (Å²) in [6.45, 7) is 1.37. The zero-order valence-electron chi connectivity index (χ0n) is 13.5. The van der Waals surface area contributed by atoms with E-state index in [1.807, 2.05) is 0 Å². The minimum atomic E-state index is -0.243. The molecule has 5 nitrogen and oxygen atoms in total. The van der Waals surface area contributed by atoms with Crippen LogP contribution in [0.5, 0.6) is 0 Å². The smallest absolute Gasteiger partial charge is 0.224 e. The van der Waals surface area contributed by atoms with Crippen molar-refractivity contribution in [1.82, 2.24) is 20.1 Å². The fourth-order valence-corrected chi connectivity index (χ4v) is 3.54. The predicted octanol–water partition coefficient (Wildman–Crippen LogP) is 2.56. The Morgan fingerprint density at radius 2 is 2.04 bits per heavy atom. The summed E-state index contributed by atoms with van der Waals surface area (Å²) in [6, 6.07) is 6.44. The van der Waals surface area contributed by atoms with Crippen LogP contribution in [0.1, 0.15) is 48.8 Å². The van der Waals surface area contributed by atoms with Crippen LogP contribution in [0.3, 0.4) is 0 Å². The van der Waals surface area contributed by atoms with Crippen molar-refractivity contribution < 1.29 is 9.18 Å². The maximum atomic E-state index is 13.0. The predicted molar refractivity (Wildman–Crippen MR) is 86.7 cm³/mol. The molecule has 1 aliphatic heterocycles. The first-order chi connectivity index (χ1) is 11.7. The third kappa shape index (κ3) is 3.05. The normalized spacial score (nSPS) is 22.5. The van der Waals surface area contributed by atoms with Gasteiger partial charge in [0.05, 0.1) is 6.54 Å². The summed E-state index contributed by atoms with van der Waals surface area (Å²) in [5, 5.41) is 11.5. The van der Waals surface area contributed by atoms with E-state index in [1.165, 1.54) is 18.6 Å². The van der Waals surface area contributed by atoms with Crippen molar-refractivity contribution in [3.63, 3.8) is 0 Å². The molecule has 24 heavy (non-hydrogen) atoms. The molecule has 2 atom stereocenters. The number of fused-ring (bicyclic) bond motifs is 1. The highest BCUT2D eigenvalue weighted by molar-refractivity contribution is 5.82. The Morgan fingerprint density at radius 1 is 1.21 bits per heavy atom. The highest BCUT2D eigenvalue weighted by Crippen LogP contribution is 2.47. The quantitative estimate of drug-likeness (QED) is 0.938. The van der Waals surface area contributed by atoms with Gasteiger partial charge in [0.1, 0.15) is 11.6 Å². The maximum Gasteiger partial charge on any atom is 0.224 e. The van der Waals surface area contributed by atoms with Gasteiger partial charge < -0.3 is 9.88 Å². The SMILES string of the molecule is O=C(NCc1nnc2n1CCCCC2)C1CC1c1ccc(F)cc1. The number of rotatable bonds is 4. The van der Waals surface area contributed by atoms with Gasteiger partial charge in [-0.1, -0.05) is 18.6 Å². The number of amides is 1. The molecule has 2 unspecified atom stereocenters. The lowest BCUT2D eigenvalue weighted by Crippen LogP contribution is -2.26. The zero-order chi connectivity index (χ0) is 16.5. The van der Waals surface area contributed by atoms with E-state index in [2.05, 4.69) is 20.1 Å². The number of halogens is 1. The summed E-state index contributed by atoms with van der Waals surface area (Å²) in [7, 11) is 0. The van der Waals surface area contributed by atoms with E-state index in [0.717, 1.165) is 49.4 Å². The Balaban J connectivity index is 1.35. The van der Waals surface area contributed by atoms with Crippen LogP contribution in [0, 0.1) is 11.7 Å². The maximum absolute atomic E-state index is 13.0. The molecule has 1 saturated carbocycles. The van der Waals surface area contributed by atoms with Crippen molar-refractivity contribution in [2.75, 3.05) is 0 Å². The van der Waals surface area contributed by atoms with Crippen LogP contribution < -0.4 is 5.32 Å². The van der Waals surface area contributed by atoms with E-state index in [-0.39, 0.29) is 23.6 Å². The first-order valence-electron chi connectivity index (χ1n) is 8.66. The third-order valence-corrected chi connectivity index (χ3v) is 5.03. The van der Waals surface area contributed by atoms with E-state index in [4.69, 9.17) is 0 Å². The fraction of sp³-hybridized carbons (Fsp3) is 0.500. The van der Waals surface area contributed by atoms with Gasteiger partial charge >= 0.3 is 0 Å². The molecule has 4 rings (SSSR count). The fourth-order valence-electron chi connectivity index (χ4n) is 3.54. The Kier molecular flexibility index (Phi) is 4.04. The number of aryl methyl sites for hydroxylation is 1. The van der Waals surface area contributed by atoms with E-state index >= 15 is 0 Å². The lowest BCUT2D eigenvalue weighted by Gasteiger charge is -2.08. The largest absolute Gasteiger partial charge is 0.349 e. The average molecular weight is 328 g/mol. The van der Waals surface area contributed by atoms with Crippen LogP contribution in [0.4, 0.5) is 4.39 Å². The van der Waals surface area contributed by atoms with Crippen LogP contribution in [0.15, 0.2) is 24.3 Å². The van der Waals surface area contributed by atoms with Crippen LogP contribution in [-0.2, 0) is 24.3 Å². The Labute approximate surface area is 140 Å². The standard InChI is InChI=1S/C18H21FN4O/c19-13-7-5-12(6-8-13)14-10-15(14)18(24)20-11-17-22-21-16-4-2-1-3-9-23(16)17/h5-8,14-15H,1-4,9-11H2,(H,20,24). The van der Waals surface area contributed by atoms with Crippen LogP contribution in [0.25, 0.3) is 0 Å². The lowest BCUT2D eigenvalue weighted by molar-refractivity contribution is -0.122. The summed E-state index contributed by atoms with van der Waals surface area (Å²) in [4.78, 5) is 12.3. The van der Waals surface area contributed by atoms with Gasteiger partial charge in [-0.25, -0.2) is 4.39 Å². The van der Waals surface area contributed by atoms with Gasteiger partial charge in [0.2, 0.25) is 5.91 Å². The number of aromatic nitrogens is 3. The van der Waals surface area contributed by atoms with E-state index < -0.39 is 0 Å². The third-order valence-electron chi connectivity index (χ3n) is 5.03. The molecule has 0 spiro atoms. The molecule has 2 aliphatic rings. The lowest BCUT2D eigenvalue weighted by atomic mass is 10.1. The molecule has 0 bridgehead atoms. The van der Waals surface area contributed by atoms with Crippen molar-refractivity contribution in [2.24, 2.45) is 5.92 Å². The molecule has 0 radical (unpaired) electrons. The minimum Gasteiger partial charge on any atom is -0.349 e. The van der Waals surface area contributed by atoms with E-state index in [9.17, 15) is 9.18 Å². The highest BCUT2D eigenvalue weighted by Gasteiger charge is 2.43. The van der Waals surface area contributed by atoms with Gasteiger partial charge in [-0.05, 0) is 42.9 Å². The molecule has 1 aromatic carbocycles. The van der Waals surface area contributed by atoms with Gasteiger partial charge in [0, 0.05) is 18.9 Å². The second kappa shape index (κ2) is 6.34. The number of nitrogens with one attached hydrogen (secondary N) is 1. The van der Waals surface area contributed by atoms with E-state index in [0.29, 0.717) is 6.54 Å². The second-order valence-electron chi connectivity index (χ2n) is 6.71. The van der Waals surface area contributed by atoms with Gasteiger partial charge in [0.25, 0.3) is 0 Å². The summed E-state index contributed by atoms with van der Waals surface area (Å²) in [6.07, 6.45) is 5.31. The van der Waals surface area contributed by atoms with Crippen molar-refractivity contribution in [3.05, 3.63) is 47.3 Å². The van der Waals surface area contributed by atoms with Crippen LogP contribution >= 0.6 is 0 Å². The number of hydrogen-bond acceptors (Lipinski definition) is 3. The van der Waals surface area contributed by atoms with Crippen molar-refractivity contribution in [2.45, 2.75) is 51.1 Å². The average Bonchev–Trinajstić information content (AvgIpc) is 3.34. The van der Waals surface area contributed by atoms with Gasteiger partial charge in [0.15, 0.2) is 5.82 Å². The molecule has 1 aromatic heterocycles. The molecule has 6 heteroatoms. The number of benzene rings is 1. The summed E-state index contributed by atoms with van der Waals surface area (Å²) < 4.78 is 15.1. The molecular formula is C18H21FN4O. The number of hydrogen-bond donors (Lipinski definition) is 1. The van der Waals surface area contributed by atoms with Crippen molar-refractivity contribution in [1.29, 1.82) is 0 Å². The molecule has 0 saturated heterocycles. The summed E-state index contributed by atoms with van der Waals surface area (Å²) in [5.74, 6) is 1.89. The zero-order valence-corrected chi connectivity index (χ0v) is 13.5. The molecule has 2 aromatic rings. The number of carbonyl (C=O) groups excluding carboxylic acids is 1. The van der Waals surface area contributed by atoms with Crippen LogP contribution in [-0.4, -0.2) is 20.7 Å². The highest BCUT2D eigenvalue weighted by atomic mass is 19.1. The number of carbonyl (C=O) groups is 1. The molecule has 1 N–H and O–H groups in total. The Morgan fingerprint density at radius 3 is 2.88 bits per heavy atom. The minimum absolute atomic E-state index is 0.0120. The Hall–Kier alpha value is -2.24. The number of nitrogens with zero attached hydrogens (tertiary/aromatic N) is 3. The van der Waals surface area contributed by atoms with Gasteiger partial charge in [-0.3, -0.25) is 4.79 Å². The van der Waals surface area contributed by atoms with Crippen molar-refractivity contribution >= 4 is 5.91 Å². The summed E-state index contributed by atoms with van der Waals surface area (Å²) in [5.41, 5.74) is 1.04.